The van der Waals surface area contributed by atoms with Crippen LogP contribution in [0, 0.1) is 0 Å². The van der Waals surface area contributed by atoms with E-state index in [1.807, 2.05) is 24.4 Å². The van der Waals surface area contributed by atoms with Crippen molar-refractivity contribution in [3.63, 3.8) is 0 Å². The molecule has 128 valence electrons. The highest BCUT2D eigenvalue weighted by Gasteiger charge is 2.15. The minimum absolute atomic E-state index is 0.962. The van der Waals surface area contributed by atoms with Crippen molar-refractivity contribution in [2.45, 2.75) is 0 Å². The van der Waals surface area contributed by atoms with Gasteiger partial charge in [-0.2, -0.15) is 0 Å². The van der Waals surface area contributed by atoms with E-state index in [9.17, 15) is 0 Å². The number of hydrogen-bond donors (Lipinski definition) is 1. The highest BCUT2D eigenvalue weighted by molar-refractivity contribution is 6.03. The number of pyridine rings is 2. The zero-order valence-corrected chi connectivity index (χ0v) is 14.6. The molecule has 3 heterocycles. The van der Waals surface area contributed by atoms with E-state index in [0.717, 1.165) is 39.2 Å². The van der Waals surface area contributed by atoms with Crippen LogP contribution >= 0.6 is 0 Å². The fraction of sp³-hybridized carbons (Fsp3) is 0. The third kappa shape index (κ3) is 2.79. The van der Waals surface area contributed by atoms with Crippen molar-refractivity contribution < 1.29 is 0 Å². The van der Waals surface area contributed by atoms with E-state index in [1.54, 1.807) is 12.4 Å². The number of nitrogens with zero attached hydrogens (tertiary/aromatic N) is 2. The van der Waals surface area contributed by atoms with Gasteiger partial charge in [0.25, 0.3) is 0 Å². The topological polar surface area (TPSA) is 41.6 Å². The molecule has 0 aliphatic heterocycles. The molecule has 1 N–H and O–H groups in total. The van der Waals surface area contributed by atoms with Crippen LogP contribution in [0.1, 0.15) is 0 Å². The van der Waals surface area contributed by atoms with Gasteiger partial charge < -0.3 is 4.98 Å². The van der Waals surface area contributed by atoms with Crippen molar-refractivity contribution in [3.8, 4) is 33.6 Å². The summed E-state index contributed by atoms with van der Waals surface area (Å²) in [4.78, 5) is 12.5. The van der Waals surface area contributed by atoms with Gasteiger partial charge in [-0.1, -0.05) is 54.6 Å². The van der Waals surface area contributed by atoms with Crippen molar-refractivity contribution >= 4 is 10.9 Å². The second kappa shape index (κ2) is 6.54. The lowest BCUT2D eigenvalue weighted by molar-refractivity contribution is 1.30. The summed E-state index contributed by atoms with van der Waals surface area (Å²) < 4.78 is 0. The Morgan fingerprint density at radius 2 is 1.41 bits per heavy atom. The molecule has 27 heavy (non-hydrogen) atoms. The van der Waals surface area contributed by atoms with E-state index in [0.29, 0.717) is 0 Å². The summed E-state index contributed by atoms with van der Waals surface area (Å²) >= 11 is 0. The molecule has 0 bridgehead atoms. The van der Waals surface area contributed by atoms with Crippen molar-refractivity contribution in [1.29, 1.82) is 0 Å². The fourth-order valence-electron chi connectivity index (χ4n) is 3.49. The molecule has 0 fully saturated rings. The molecule has 3 heteroatoms. The number of rotatable bonds is 3. The molecule has 5 aromatic rings. The summed E-state index contributed by atoms with van der Waals surface area (Å²) in [5, 5.41) is 1.18. The zero-order valence-electron chi connectivity index (χ0n) is 14.6. The molecule has 0 amide bonds. The third-order valence-electron chi connectivity index (χ3n) is 4.80. The van der Waals surface area contributed by atoms with Crippen molar-refractivity contribution in [1.82, 2.24) is 15.0 Å². The van der Waals surface area contributed by atoms with Crippen LogP contribution in [0.25, 0.3) is 44.5 Å². The van der Waals surface area contributed by atoms with Crippen LogP contribution in [0.4, 0.5) is 0 Å². The number of para-hydroxylation sites is 1. The van der Waals surface area contributed by atoms with Crippen LogP contribution < -0.4 is 0 Å². The van der Waals surface area contributed by atoms with Crippen molar-refractivity contribution in [3.05, 3.63) is 97.5 Å². The highest BCUT2D eigenvalue weighted by atomic mass is 14.8. The van der Waals surface area contributed by atoms with Crippen LogP contribution in [0.2, 0.25) is 0 Å². The molecule has 0 unspecified atom stereocenters. The van der Waals surface area contributed by atoms with Gasteiger partial charge in [0.15, 0.2) is 0 Å². The molecule has 0 spiro atoms. The van der Waals surface area contributed by atoms with Crippen LogP contribution in [-0.4, -0.2) is 15.0 Å². The first-order valence-corrected chi connectivity index (χ1v) is 8.93. The van der Waals surface area contributed by atoms with E-state index in [1.165, 1.54) is 5.39 Å². The smallest absolute Gasteiger partial charge is 0.0730 e. The molecule has 0 radical (unpaired) electrons. The van der Waals surface area contributed by atoms with E-state index >= 15 is 0 Å². The first-order chi connectivity index (χ1) is 13.4. The maximum absolute atomic E-state index is 4.79. The monoisotopic (exact) mass is 347 g/mol. The lowest BCUT2D eigenvalue weighted by atomic mass is 10.0. The van der Waals surface area contributed by atoms with Gasteiger partial charge in [-0.25, -0.2) is 0 Å². The van der Waals surface area contributed by atoms with Gasteiger partial charge in [0.05, 0.1) is 11.4 Å². The Morgan fingerprint density at radius 1 is 0.630 bits per heavy atom. The fourth-order valence-corrected chi connectivity index (χ4v) is 3.49. The summed E-state index contributed by atoms with van der Waals surface area (Å²) in [7, 11) is 0. The molecule has 2 aromatic carbocycles. The molecule has 5 rings (SSSR count). The number of hydrogen-bond acceptors (Lipinski definition) is 2. The van der Waals surface area contributed by atoms with Gasteiger partial charge in [0.2, 0.25) is 0 Å². The van der Waals surface area contributed by atoms with Gasteiger partial charge in [-0.15, -0.1) is 0 Å². The van der Waals surface area contributed by atoms with Crippen molar-refractivity contribution in [2.24, 2.45) is 0 Å². The average molecular weight is 347 g/mol. The standard InChI is InChI=1S/C24H17N3/c1-2-6-18(7-3-1)24-23(20-8-4-5-9-21(20)27-24)22-11-10-19(16-26-22)17-12-14-25-15-13-17/h1-16,27H. The van der Waals surface area contributed by atoms with Crippen molar-refractivity contribution in [2.75, 3.05) is 0 Å². The molecule has 0 saturated carbocycles. The molecular formula is C24H17N3. The first kappa shape index (κ1) is 15.5. The minimum Gasteiger partial charge on any atom is -0.354 e. The number of benzene rings is 2. The van der Waals surface area contributed by atoms with Gasteiger partial charge in [0, 0.05) is 40.6 Å². The summed E-state index contributed by atoms with van der Waals surface area (Å²) in [5.41, 5.74) is 7.67. The summed E-state index contributed by atoms with van der Waals surface area (Å²) in [6.45, 7) is 0. The second-order valence-electron chi connectivity index (χ2n) is 6.45. The van der Waals surface area contributed by atoms with Gasteiger partial charge in [-0.05, 0) is 35.4 Å². The lowest BCUT2D eigenvalue weighted by Crippen LogP contribution is -1.87. The van der Waals surface area contributed by atoms with Crippen LogP contribution in [0.3, 0.4) is 0 Å². The third-order valence-corrected chi connectivity index (χ3v) is 4.80. The summed E-state index contributed by atoms with van der Waals surface area (Å²) in [5.74, 6) is 0. The Hall–Kier alpha value is -3.72. The predicted octanol–water partition coefficient (Wildman–Crippen LogP) is 5.96. The highest BCUT2D eigenvalue weighted by Crippen LogP contribution is 2.37. The van der Waals surface area contributed by atoms with E-state index in [-0.39, 0.29) is 0 Å². The Morgan fingerprint density at radius 3 is 2.19 bits per heavy atom. The normalized spacial score (nSPS) is 11.0. The molecule has 0 atom stereocenters. The number of aromatic amines is 1. The molecule has 0 saturated heterocycles. The molecule has 3 nitrogen and oxygen atoms in total. The van der Waals surface area contributed by atoms with E-state index in [4.69, 9.17) is 4.98 Å². The maximum atomic E-state index is 4.79. The van der Waals surface area contributed by atoms with E-state index < -0.39 is 0 Å². The number of fused-ring (bicyclic) bond motifs is 1. The van der Waals surface area contributed by atoms with E-state index in [2.05, 4.69) is 70.6 Å². The van der Waals surface area contributed by atoms with Crippen LogP contribution in [0.15, 0.2) is 97.5 Å². The minimum atomic E-state index is 0.962. The van der Waals surface area contributed by atoms with Gasteiger partial charge >= 0.3 is 0 Å². The predicted molar refractivity (Wildman–Crippen MR) is 110 cm³/mol. The maximum Gasteiger partial charge on any atom is 0.0730 e. The zero-order chi connectivity index (χ0) is 18.1. The average Bonchev–Trinajstić information content (AvgIpc) is 3.15. The van der Waals surface area contributed by atoms with Crippen LogP contribution in [-0.2, 0) is 0 Å². The molecular weight excluding hydrogens is 330 g/mol. The lowest BCUT2D eigenvalue weighted by Gasteiger charge is -2.07. The first-order valence-electron chi connectivity index (χ1n) is 8.93. The quantitative estimate of drug-likeness (QED) is 0.437. The Labute approximate surface area is 157 Å². The number of H-pyrrole nitrogens is 1. The SMILES string of the molecule is c1ccc(-c2[nH]c3ccccc3c2-c2ccc(-c3ccncc3)cn2)cc1. The second-order valence-corrected chi connectivity index (χ2v) is 6.45. The Kier molecular flexibility index (Phi) is 3.76. The van der Waals surface area contributed by atoms with Gasteiger partial charge in [0.1, 0.15) is 0 Å². The molecule has 3 aromatic heterocycles. The van der Waals surface area contributed by atoms with Crippen LogP contribution in [0.5, 0.6) is 0 Å². The molecule has 0 aliphatic rings. The Bertz CT molecular complexity index is 1190. The Balaban J connectivity index is 1.68. The molecule has 0 aliphatic carbocycles. The summed E-state index contributed by atoms with van der Waals surface area (Å²) in [6, 6.07) is 27.0. The number of nitrogens with one attached hydrogen (secondary N) is 1. The summed E-state index contributed by atoms with van der Waals surface area (Å²) in [6.07, 6.45) is 5.54. The largest absolute Gasteiger partial charge is 0.354 e. The number of aromatic nitrogens is 3. The van der Waals surface area contributed by atoms with Gasteiger partial charge in [-0.3, -0.25) is 9.97 Å².